The molecular weight excluding hydrogens is 266 g/mol. The minimum atomic E-state index is -0.360. The standard InChI is InChI=1S/C16H15N3O2/c1-10-14(16(21)19-13-8-4-5-9-17-13)15(20)11-6-2-3-7-12(11)18-10/h2-10,18,20H,1H3,(H,17,19,21). The molecule has 1 aromatic carbocycles. The van der Waals surface area contributed by atoms with Crippen LogP contribution in [0.3, 0.4) is 0 Å². The van der Waals surface area contributed by atoms with Crippen molar-refractivity contribution in [2.75, 3.05) is 10.6 Å². The molecule has 1 aliphatic heterocycles. The number of anilines is 2. The zero-order chi connectivity index (χ0) is 14.8. The first-order valence-corrected chi connectivity index (χ1v) is 6.68. The van der Waals surface area contributed by atoms with E-state index in [0.717, 1.165) is 5.69 Å². The number of amides is 1. The number of benzene rings is 1. The molecule has 3 rings (SSSR count). The van der Waals surface area contributed by atoms with Gasteiger partial charge in [-0.1, -0.05) is 18.2 Å². The van der Waals surface area contributed by atoms with Crippen molar-refractivity contribution in [3.8, 4) is 0 Å². The summed E-state index contributed by atoms with van der Waals surface area (Å²) >= 11 is 0. The SMILES string of the molecule is CC1Nc2ccccc2C(O)=C1C(=O)Nc1ccccn1. The van der Waals surface area contributed by atoms with Crippen LogP contribution in [0.4, 0.5) is 11.5 Å². The van der Waals surface area contributed by atoms with E-state index in [1.165, 1.54) is 0 Å². The quantitative estimate of drug-likeness (QED) is 0.791. The summed E-state index contributed by atoms with van der Waals surface area (Å²) in [5, 5.41) is 16.3. The first-order valence-electron chi connectivity index (χ1n) is 6.68. The van der Waals surface area contributed by atoms with Crippen LogP contribution in [0, 0.1) is 0 Å². The van der Waals surface area contributed by atoms with E-state index in [1.807, 2.05) is 25.1 Å². The van der Waals surface area contributed by atoms with Gasteiger partial charge in [0.2, 0.25) is 0 Å². The van der Waals surface area contributed by atoms with Gasteiger partial charge in [0.25, 0.3) is 5.91 Å². The number of fused-ring (bicyclic) bond motifs is 1. The fourth-order valence-corrected chi connectivity index (χ4v) is 2.40. The van der Waals surface area contributed by atoms with Crippen molar-refractivity contribution < 1.29 is 9.90 Å². The summed E-state index contributed by atoms with van der Waals surface area (Å²) in [6, 6.07) is 12.3. The second-order valence-corrected chi connectivity index (χ2v) is 4.84. The van der Waals surface area contributed by atoms with Crippen LogP contribution in [0.2, 0.25) is 0 Å². The number of nitrogens with zero attached hydrogens (tertiary/aromatic N) is 1. The Hall–Kier alpha value is -2.82. The van der Waals surface area contributed by atoms with E-state index in [9.17, 15) is 9.90 Å². The highest BCUT2D eigenvalue weighted by Crippen LogP contribution is 2.32. The molecule has 1 unspecified atom stereocenters. The van der Waals surface area contributed by atoms with Gasteiger partial charge < -0.3 is 15.7 Å². The average molecular weight is 281 g/mol. The number of para-hydroxylation sites is 1. The zero-order valence-electron chi connectivity index (χ0n) is 11.5. The molecule has 1 aliphatic rings. The first kappa shape index (κ1) is 13.2. The molecule has 0 spiro atoms. The first-order chi connectivity index (χ1) is 10.2. The summed E-state index contributed by atoms with van der Waals surface area (Å²) in [5.74, 6) is 0.0971. The van der Waals surface area contributed by atoms with E-state index >= 15 is 0 Å². The number of aromatic nitrogens is 1. The monoisotopic (exact) mass is 281 g/mol. The van der Waals surface area contributed by atoms with Gasteiger partial charge in [-0.3, -0.25) is 4.79 Å². The third-order valence-corrected chi connectivity index (χ3v) is 3.39. The fourth-order valence-electron chi connectivity index (χ4n) is 2.40. The van der Waals surface area contributed by atoms with Crippen LogP contribution in [0.5, 0.6) is 0 Å². The van der Waals surface area contributed by atoms with Gasteiger partial charge in [-0.15, -0.1) is 0 Å². The highest BCUT2D eigenvalue weighted by atomic mass is 16.3. The van der Waals surface area contributed by atoms with Gasteiger partial charge in [0.05, 0.1) is 11.6 Å². The Balaban J connectivity index is 1.95. The van der Waals surface area contributed by atoms with Crippen LogP contribution in [-0.2, 0) is 4.79 Å². The molecule has 1 amide bonds. The average Bonchev–Trinajstić information content (AvgIpc) is 2.48. The van der Waals surface area contributed by atoms with Gasteiger partial charge in [-0.05, 0) is 31.2 Å². The normalized spacial score (nSPS) is 16.9. The topological polar surface area (TPSA) is 74.2 Å². The molecule has 5 heteroatoms. The molecule has 0 bridgehead atoms. The van der Waals surface area contributed by atoms with E-state index in [2.05, 4.69) is 15.6 Å². The molecule has 0 fully saturated rings. The number of nitrogens with one attached hydrogen (secondary N) is 2. The van der Waals surface area contributed by atoms with Crippen LogP contribution in [0.25, 0.3) is 5.76 Å². The zero-order valence-corrected chi connectivity index (χ0v) is 11.5. The Morgan fingerprint density at radius 2 is 2.00 bits per heavy atom. The molecule has 2 heterocycles. The molecular formula is C16H15N3O2. The maximum Gasteiger partial charge on any atom is 0.258 e. The Bertz CT molecular complexity index is 710. The van der Waals surface area contributed by atoms with Crippen molar-refractivity contribution in [3.63, 3.8) is 0 Å². The van der Waals surface area contributed by atoms with Gasteiger partial charge in [-0.25, -0.2) is 4.98 Å². The molecule has 21 heavy (non-hydrogen) atoms. The molecule has 5 nitrogen and oxygen atoms in total. The largest absolute Gasteiger partial charge is 0.507 e. The number of aliphatic hydroxyl groups excluding tert-OH is 1. The van der Waals surface area contributed by atoms with E-state index in [4.69, 9.17) is 0 Å². The predicted molar refractivity (Wildman–Crippen MR) is 81.9 cm³/mol. The Labute approximate surface area is 122 Å². The van der Waals surface area contributed by atoms with Crippen molar-refractivity contribution >= 4 is 23.2 Å². The Morgan fingerprint density at radius 3 is 2.76 bits per heavy atom. The number of carbonyl (C=O) groups is 1. The number of hydrogen-bond acceptors (Lipinski definition) is 4. The summed E-state index contributed by atoms with van der Waals surface area (Å²) in [6.07, 6.45) is 1.60. The summed E-state index contributed by atoms with van der Waals surface area (Å²) in [5.41, 5.74) is 1.75. The third-order valence-electron chi connectivity index (χ3n) is 3.39. The number of carbonyl (C=O) groups excluding carboxylic acids is 1. The molecule has 0 radical (unpaired) electrons. The highest BCUT2D eigenvalue weighted by molar-refractivity contribution is 6.10. The lowest BCUT2D eigenvalue weighted by molar-refractivity contribution is -0.113. The lowest BCUT2D eigenvalue weighted by Gasteiger charge is -2.26. The summed E-state index contributed by atoms with van der Waals surface area (Å²) in [6.45, 7) is 1.83. The van der Waals surface area contributed by atoms with Crippen molar-refractivity contribution in [2.24, 2.45) is 0 Å². The Kier molecular flexibility index (Phi) is 3.31. The second-order valence-electron chi connectivity index (χ2n) is 4.84. The van der Waals surface area contributed by atoms with Gasteiger partial charge in [0, 0.05) is 17.4 Å². The Morgan fingerprint density at radius 1 is 1.24 bits per heavy atom. The fraction of sp³-hybridized carbons (Fsp3) is 0.125. The third kappa shape index (κ3) is 2.45. The smallest absolute Gasteiger partial charge is 0.258 e. The lowest BCUT2D eigenvalue weighted by Crippen LogP contribution is -2.32. The minimum absolute atomic E-state index is 0.00489. The van der Waals surface area contributed by atoms with Crippen molar-refractivity contribution in [1.82, 2.24) is 4.98 Å². The van der Waals surface area contributed by atoms with Crippen LogP contribution >= 0.6 is 0 Å². The number of aliphatic hydroxyl groups is 1. The summed E-state index contributed by atoms with van der Waals surface area (Å²) in [7, 11) is 0. The van der Waals surface area contributed by atoms with E-state index in [0.29, 0.717) is 17.0 Å². The lowest BCUT2D eigenvalue weighted by atomic mass is 9.96. The van der Waals surface area contributed by atoms with Gasteiger partial charge in [0.15, 0.2) is 0 Å². The highest BCUT2D eigenvalue weighted by Gasteiger charge is 2.28. The van der Waals surface area contributed by atoms with Gasteiger partial charge in [0.1, 0.15) is 11.6 Å². The maximum absolute atomic E-state index is 12.4. The molecule has 1 aromatic heterocycles. The number of hydrogen-bond donors (Lipinski definition) is 3. The summed E-state index contributed by atoms with van der Waals surface area (Å²) < 4.78 is 0. The van der Waals surface area contributed by atoms with E-state index in [-0.39, 0.29) is 17.7 Å². The van der Waals surface area contributed by atoms with Crippen LogP contribution in [0.1, 0.15) is 12.5 Å². The van der Waals surface area contributed by atoms with Crippen molar-refractivity contribution in [1.29, 1.82) is 0 Å². The second kappa shape index (κ2) is 5.28. The molecule has 0 saturated carbocycles. The molecule has 2 aromatic rings. The molecule has 0 saturated heterocycles. The van der Waals surface area contributed by atoms with Crippen LogP contribution in [0.15, 0.2) is 54.2 Å². The summed E-state index contributed by atoms with van der Waals surface area (Å²) in [4.78, 5) is 16.4. The molecule has 0 aliphatic carbocycles. The molecule has 1 atom stereocenters. The van der Waals surface area contributed by atoms with Crippen LogP contribution in [-0.4, -0.2) is 22.0 Å². The van der Waals surface area contributed by atoms with E-state index in [1.54, 1.807) is 30.5 Å². The van der Waals surface area contributed by atoms with Crippen molar-refractivity contribution in [2.45, 2.75) is 13.0 Å². The minimum Gasteiger partial charge on any atom is -0.507 e. The molecule has 3 N–H and O–H groups in total. The number of rotatable bonds is 2. The van der Waals surface area contributed by atoms with E-state index < -0.39 is 0 Å². The predicted octanol–water partition coefficient (Wildman–Crippen LogP) is 2.80. The number of pyridine rings is 1. The van der Waals surface area contributed by atoms with Crippen molar-refractivity contribution in [3.05, 3.63) is 59.8 Å². The van der Waals surface area contributed by atoms with Gasteiger partial charge in [-0.2, -0.15) is 0 Å². The van der Waals surface area contributed by atoms with Crippen LogP contribution < -0.4 is 10.6 Å². The maximum atomic E-state index is 12.4. The molecule has 106 valence electrons. The van der Waals surface area contributed by atoms with Gasteiger partial charge >= 0.3 is 0 Å².